The molecule has 1 fully saturated rings. The first-order valence-corrected chi connectivity index (χ1v) is 9.72. The van der Waals surface area contributed by atoms with E-state index < -0.39 is 23.0 Å². The van der Waals surface area contributed by atoms with Crippen molar-refractivity contribution in [2.45, 2.75) is 19.6 Å². The van der Waals surface area contributed by atoms with Crippen molar-refractivity contribution in [2.24, 2.45) is 0 Å². The largest absolute Gasteiger partial charge is 0.445 e. The van der Waals surface area contributed by atoms with E-state index in [9.17, 15) is 19.7 Å². The summed E-state index contributed by atoms with van der Waals surface area (Å²) in [5.41, 5.74) is 1.80. The number of aryl methyl sites for hydroxylation is 1. The maximum atomic E-state index is 12.7. The van der Waals surface area contributed by atoms with Crippen LogP contribution in [0.5, 0.6) is 0 Å². The SMILES string of the molecule is Cc1ccc([N+](=O)[O-])cc1NC(=O)C1CSCN1C(=O)OCc1ccccc1. The lowest BCUT2D eigenvalue weighted by Gasteiger charge is -2.22. The van der Waals surface area contributed by atoms with Gasteiger partial charge in [-0.1, -0.05) is 36.4 Å². The molecule has 2 aromatic carbocycles. The Bertz CT molecular complexity index is 890. The molecule has 0 radical (unpaired) electrons. The highest BCUT2D eigenvalue weighted by Gasteiger charge is 2.36. The van der Waals surface area contributed by atoms with Crippen molar-refractivity contribution in [3.8, 4) is 0 Å². The minimum Gasteiger partial charge on any atom is -0.445 e. The highest BCUT2D eigenvalue weighted by atomic mass is 32.2. The standard InChI is InChI=1S/C19H19N3O5S/c1-13-7-8-15(22(25)26)9-16(13)20-18(23)17-11-28-12-21(17)19(24)27-10-14-5-3-2-4-6-14/h2-9,17H,10-12H2,1H3,(H,20,23). The predicted molar refractivity (Wildman–Crippen MR) is 106 cm³/mol. The zero-order valence-electron chi connectivity index (χ0n) is 15.2. The maximum absolute atomic E-state index is 12.7. The van der Waals surface area contributed by atoms with Crippen molar-refractivity contribution in [1.29, 1.82) is 0 Å². The number of amides is 2. The van der Waals surface area contributed by atoms with Gasteiger partial charge in [0.05, 0.1) is 16.5 Å². The Morgan fingerprint density at radius 1 is 1.29 bits per heavy atom. The molecule has 1 aliphatic rings. The van der Waals surface area contributed by atoms with E-state index in [1.54, 1.807) is 13.0 Å². The molecule has 2 amide bonds. The van der Waals surface area contributed by atoms with Gasteiger partial charge in [-0.25, -0.2) is 4.79 Å². The molecule has 0 aliphatic carbocycles. The topological polar surface area (TPSA) is 102 Å². The Morgan fingerprint density at radius 2 is 2.04 bits per heavy atom. The summed E-state index contributed by atoms with van der Waals surface area (Å²) in [6, 6.07) is 12.8. The molecule has 3 rings (SSSR count). The molecule has 1 N–H and O–H groups in total. The summed E-state index contributed by atoms with van der Waals surface area (Å²) in [6.45, 7) is 1.87. The van der Waals surface area contributed by atoms with Crippen LogP contribution in [0.15, 0.2) is 48.5 Å². The number of nitrogens with zero attached hydrogens (tertiary/aromatic N) is 2. The molecule has 9 heteroatoms. The molecule has 0 aromatic heterocycles. The van der Waals surface area contributed by atoms with Gasteiger partial charge in [0, 0.05) is 17.9 Å². The predicted octanol–water partition coefficient (Wildman–Crippen LogP) is 3.55. The van der Waals surface area contributed by atoms with Crippen LogP contribution in [0, 0.1) is 17.0 Å². The van der Waals surface area contributed by atoms with Gasteiger partial charge in [-0.2, -0.15) is 0 Å². The van der Waals surface area contributed by atoms with Crippen molar-refractivity contribution in [3.05, 3.63) is 69.8 Å². The lowest BCUT2D eigenvalue weighted by Crippen LogP contribution is -2.44. The molecule has 1 aliphatic heterocycles. The van der Waals surface area contributed by atoms with Gasteiger partial charge >= 0.3 is 6.09 Å². The third-order valence-corrected chi connectivity index (χ3v) is 5.33. The average molecular weight is 401 g/mol. The van der Waals surface area contributed by atoms with E-state index in [0.717, 1.165) is 5.56 Å². The summed E-state index contributed by atoms with van der Waals surface area (Å²) in [6.07, 6.45) is -0.565. The average Bonchev–Trinajstić information content (AvgIpc) is 3.18. The van der Waals surface area contributed by atoms with Gasteiger partial charge < -0.3 is 10.1 Å². The molecule has 1 unspecified atom stereocenters. The second-order valence-electron chi connectivity index (χ2n) is 6.27. The second kappa shape index (κ2) is 8.75. The molecule has 28 heavy (non-hydrogen) atoms. The fourth-order valence-corrected chi connectivity index (χ4v) is 3.86. The van der Waals surface area contributed by atoms with Gasteiger partial charge in [-0.15, -0.1) is 11.8 Å². The van der Waals surface area contributed by atoms with Crippen LogP contribution >= 0.6 is 11.8 Å². The number of nitro groups is 1. The molecular formula is C19H19N3O5S. The Morgan fingerprint density at radius 3 is 2.75 bits per heavy atom. The number of thioether (sulfide) groups is 1. The molecule has 0 spiro atoms. The van der Waals surface area contributed by atoms with Crippen molar-refractivity contribution in [3.63, 3.8) is 0 Å². The zero-order chi connectivity index (χ0) is 20.1. The number of benzene rings is 2. The quantitative estimate of drug-likeness (QED) is 0.607. The van der Waals surface area contributed by atoms with Crippen LogP contribution in [0.25, 0.3) is 0 Å². The van der Waals surface area contributed by atoms with Crippen LogP contribution in [0.4, 0.5) is 16.2 Å². The third-order valence-electron chi connectivity index (χ3n) is 4.31. The van der Waals surface area contributed by atoms with Gasteiger partial charge in [0.25, 0.3) is 5.69 Å². The zero-order valence-corrected chi connectivity index (χ0v) is 16.0. The number of anilines is 1. The van der Waals surface area contributed by atoms with Crippen LogP contribution in [0.3, 0.4) is 0 Å². The van der Waals surface area contributed by atoms with Gasteiger partial charge in [0.15, 0.2) is 0 Å². The first-order chi connectivity index (χ1) is 13.5. The van der Waals surface area contributed by atoms with Crippen molar-refractivity contribution in [1.82, 2.24) is 4.90 Å². The lowest BCUT2D eigenvalue weighted by molar-refractivity contribution is -0.384. The highest BCUT2D eigenvalue weighted by molar-refractivity contribution is 7.99. The molecule has 1 heterocycles. The monoisotopic (exact) mass is 401 g/mol. The van der Waals surface area contributed by atoms with E-state index in [1.165, 1.54) is 28.8 Å². The van der Waals surface area contributed by atoms with Crippen molar-refractivity contribution in [2.75, 3.05) is 16.9 Å². The first kappa shape index (κ1) is 19.7. The van der Waals surface area contributed by atoms with Crippen LogP contribution < -0.4 is 5.32 Å². The molecule has 0 saturated carbocycles. The van der Waals surface area contributed by atoms with Crippen molar-refractivity contribution >= 4 is 35.1 Å². The minimum absolute atomic E-state index is 0.110. The fourth-order valence-electron chi connectivity index (χ4n) is 2.72. The van der Waals surface area contributed by atoms with E-state index >= 15 is 0 Å². The van der Waals surface area contributed by atoms with Gasteiger partial charge in [-0.3, -0.25) is 19.8 Å². The Kier molecular flexibility index (Phi) is 6.15. The van der Waals surface area contributed by atoms with E-state index in [-0.39, 0.29) is 12.3 Å². The van der Waals surface area contributed by atoms with Crippen LogP contribution in [0.2, 0.25) is 0 Å². The molecule has 1 saturated heterocycles. The van der Waals surface area contributed by atoms with Gasteiger partial charge in [0.1, 0.15) is 12.6 Å². The summed E-state index contributed by atoms with van der Waals surface area (Å²) in [4.78, 5) is 36.9. The van der Waals surface area contributed by atoms with Crippen LogP contribution in [-0.2, 0) is 16.1 Å². The van der Waals surface area contributed by atoms with Crippen molar-refractivity contribution < 1.29 is 19.2 Å². The number of hydrogen-bond donors (Lipinski definition) is 1. The Hall–Kier alpha value is -3.07. The maximum Gasteiger partial charge on any atom is 0.411 e. The molecule has 0 bridgehead atoms. The molecule has 146 valence electrons. The first-order valence-electron chi connectivity index (χ1n) is 8.56. The number of rotatable bonds is 5. The van der Waals surface area contributed by atoms with Gasteiger partial charge in [0.2, 0.25) is 5.91 Å². The number of carbonyl (C=O) groups is 2. The second-order valence-corrected chi connectivity index (χ2v) is 7.27. The lowest BCUT2D eigenvalue weighted by atomic mass is 10.1. The van der Waals surface area contributed by atoms with E-state index in [4.69, 9.17) is 4.74 Å². The fraction of sp³-hybridized carbons (Fsp3) is 0.263. The minimum atomic E-state index is -0.702. The summed E-state index contributed by atoms with van der Waals surface area (Å²) in [5, 5.41) is 13.7. The summed E-state index contributed by atoms with van der Waals surface area (Å²) in [5.74, 6) is 0.380. The Balaban J connectivity index is 1.65. The number of non-ortho nitro benzene ring substituents is 1. The highest BCUT2D eigenvalue weighted by Crippen LogP contribution is 2.26. The molecule has 1 atom stereocenters. The van der Waals surface area contributed by atoms with Crippen LogP contribution in [-0.4, -0.2) is 39.5 Å². The summed E-state index contributed by atoms with van der Waals surface area (Å²) >= 11 is 1.45. The normalized spacial score (nSPS) is 15.9. The van der Waals surface area contributed by atoms with Crippen LogP contribution in [0.1, 0.15) is 11.1 Å². The number of ether oxygens (including phenoxy) is 1. The molecular weight excluding hydrogens is 382 g/mol. The van der Waals surface area contributed by atoms with E-state index in [1.807, 2.05) is 30.3 Å². The number of nitro benzene ring substituents is 1. The third kappa shape index (κ3) is 4.61. The number of nitrogens with one attached hydrogen (secondary N) is 1. The summed E-state index contributed by atoms with van der Waals surface area (Å²) < 4.78 is 5.32. The number of carbonyl (C=O) groups excluding carboxylic acids is 2. The van der Waals surface area contributed by atoms with E-state index in [2.05, 4.69) is 5.32 Å². The van der Waals surface area contributed by atoms with Gasteiger partial charge in [-0.05, 0) is 18.1 Å². The molecule has 2 aromatic rings. The molecule has 8 nitrogen and oxygen atoms in total. The van der Waals surface area contributed by atoms with E-state index in [0.29, 0.717) is 22.9 Å². The summed E-state index contributed by atoms with van der Waals surface area (Å²) in [7, 11) is 0. The number of hydrogen-bond acceptors (Lipinski definition) is 6. The Labute approximate surface area is 166 Å². The smallest absolute Gasteiger partial charge is 0.411 e.